The Morgan fingerprint density at radius 3 is 2.75 bits per heavy atom. The van der Waals surface area contributed by atoms with Gasteiger partial charge in [0.25, 0.3) is 0 Å². The molecule has 1 saturated heterocycles. The van der Waals surface area contributed by atoms with Crippen molar-refractivity contribution in [2.45, 2.75) is 18.9 Å². The van der Waals surface area contributed by atoms with E-state index in [2.05, 4.69) is 16.8 Å². The normalized spacial score (nSPS) is 15.9. The second-order valence-corrected chi connectivity index (χ2v) is 4.44. The highest BCUT2D eigenvalue weighted by Crippen LogP contribution is 2.21. The van der Waals surface area contributed by atoms with Gasteiger partial charge in [0.2, 0.25) is 0 Å². The number of amides is 1. The number of hydrogen-bond donors (Lipinski definition) is 1. The van der Waals surface area contributed by atoms with Crippen LogP contribution in [-0.4, -0.2) is 56.8 Å². The van der Waals surface area contributed by atoms with Crippen LogP contribution in [0.15, 0.2) is 18.9 Å². The summed E-state index contributed by atoms with van der Waals surface area (Å²) in [6.07, 6.45) is 3.72. The second kappa shape index (κ2) is 6.18. The van der Waals surface area contributed by atoms with Gasteiger partial charge in [0.05, 0.1) is 12.2 Å². The fourth-order valence-electron chi connectivity index (χ4n) is 2.05. The molecule has 0 spiro atoms. The van der Waals surface area contributed by atoms with Gasteiger partial charge in [0, 0.05) is 13.1 Å². The van der Waals surface area contributed by atoms with Crippen LogP contribution in [0.25, 0.3) is 0 Å². The molecular formula is C12H16N4O4. The number of carbonyl (C=O) groups excluding carboxylic acids is 1. The Morgan fingerprint density at radius 1 is 1.50 bits per heavy atom. The zero-order valence-corrected chi connectivity index (χ0v) is 10.9. The lowest BCUT2D eigenvalue weighted by atomic mass is 10.1. The van der Waals surface area contributed by atoms with Gasteiger partial charge in [-0.2, -0.15) is 9.90 Å². The molecule has 1 aliphatic rings. The van der Waals surface area contributed by atoms with Crippen molar-refractivity contribution in [3.8, 4) is 0 Å². The van der Waals surface area contributed by atoms with Crippen LogP contribution in [0.2, 0.25) is 0 Å². The van der Waals surface area contributed by atoms with E-state index < -0.39 is 5.97 Å². The molecule has 20 heavy (non-hydrogen) atoms. The SMILES string of the molecule is C=CCOC(=O)N1CCC(n2ncc(C(=O)O)n2)CC1. The van der Waals surface area contributed by atoms with Crippen LogP contribution in [-0.2, 0) is 4.74 Å². The van der Waals surface area contributed by atoms with Crippen LogP contribution in [0.5, 0.6) is 0 Å². The largest absolute Gasteiger partial charge is 0.476 e. The molecule has 0 saturated carbocycles. The van der Waals surface area contributed by atoms with Crippen LogP contribution >= 0.6 is 0 Å². The summed E-state index contributed by atoms with van der Waals surface area (Å²) >= 11 is 0. The second-order valence-electron chi connectivity index (χ2n) is 4.44. The number of aromatic carboxylic acids is 1. The third-order valence-corrected chi connectivity index (χ3v) is 3.10. The van der Waals surface area contributed by atoms with E-state index in [9.17, 15) is 9.59 Å². The molecule has 8 nitrogen and oxygen atoms in total. The number of likely N-dealkylation sites (tertiary alicyclic amines) is 1. The number of ether oxygens (including phenoxy) is 1. The highest BCUT2D eigenvalue weighted by Gasteiger charge is 2.26. The first-order valence-corrected chi connectivity index (χ1v) is 6.29. The smallest absolute Gasteiger partial charge is 0.410 e. The molecule has 8 heteroatoms. The Labute approximate surface area is 115 Å². The van der Waals surface area contributed by atoms with Gasteiger partial charge in [0.15, 0.2) is 5.69 Å². The van der Waals surface area contributed by atoms with Crippen LogP contribution in [0, 0.1) is 0 Å². The van der Waals surface area contributed by atoms with Crippen LogP contribution in [0.3, 0.4) is 0 Å². The molecule has 1 aromatic heterocycles. The van der Waals surface area contributed by atoms with Crippen molar-refractivity contribution >= 4 is 12.1 Å². The summed E-state index contributed by atoms with van der Waals surface area (Å²) in [5, 5.41) is 16.7. The van der Waals surface area contributed by atoms with Crippen molar-refractivity contribution in [2.24, 2.45) is 0 Å². The van der Waals surface area contributed by atoms with Crippen molar-refractivity contribution in [3.05, 3.63) is 24.5 Å². The van der Waals surface area contributed by atoms with Crippen molar-refractivity contribution in [3.63, 3.8) is 0 Å². The number of nitrogens with zero attached hydrogens (tertiary/aromatic N) is 4. The van der Waals surface area contributed by atoms with E-state index >= 15 is 0 Å². The van der Waals surface area contributed by atoms with Crippen molar-refractivity contribution < 1.29 is 19.4 Å². The minimum absolute atomic E-state index is 0.00607. The molecule has 2 rings (SSSR count). The highest BCUT2D eigenvalue weighted by molar-refractivity contribution is 5.84. The van der Waals surface area contributed by atoms with Crippen LogP contribution in [0.1, 0.15) is 29.4 Å². The first-order chi connectivity index (χ1) is 9.61. The Morgan fingerprint density at radius 2 is 2.20 bits per heavy atom. The van der Waals surface area contributed by atoms with Gasteiger partial charge in [-0.25, -0.2) is 9.59 Å². The summed E-state index contributed by atoms with van der Waals surface area (Å²) in [6.45, 7) is 4.74. The molecule has 0 atom stereocenters. The minimum Gasteiger partial charge on any atom is -0.476 e. The van der Waals surface area contributed by atoms with Gasteiger partial charge in [-0.1, -0.05) is 12.7 Å². The van der Waals surface area contributed by atoms with E-state index in [4.69, 9.17) is 9.84 Å². The number of carbonyl (C=O) groups is 2. The quantitative estimate of drug-likeness (QED) is 0.824. The molecule has 1 aromatic rings. The van der Waals surface area contributed by atoms with E-state index in [1.54, 1.807) is 4.90 Å². The van der Waals surface area contributed by atoms with Gasteiger partial charge >= 0.3 is 12.1 Å². The lowest BCUT2D eigenvalue weighted by Crippen LogP contribution is -2.39. The van der Waals surface area contributed by atoms with E-state index in [-0.39, 0.29) is 24.4 Å². The Kier molecular flexibility index (Phi) is 4.34. The van der Waals surface area contributed by atoms with Gasteiger partial charge in [-0.15, -0.1) is 5.10 Å². The zero-order chi connectivity index (χ0) is 14.5. The van der Waals surface area contributed by atoms with Crippen molar-refractivity contribution in [2.75, 3.05) is 19.7 Å². The summed E-state index contributed by atoms with van der Waals surface area (Å²) in [5.74, 6) is -1.10. The predicted octanol–water partition coefficient (Wildman–Crippen LogP) is 0.936. The average molecular weight is 280 g/mol. The zero-order valence-electron chi connectivity index (χ0n) is 10.9. The Balaban J connectivity index is 1.88. The molecule has 1 N–H and O–H groups in total. The maximum Gasteiger partial charge on any atom is 0.410 e. The van der Waals surface area contributed by atoms with E-state index in [0.29, 0.717) is 25.9 Å². The standard InChI is InChI=1S/C12H16N4O4/c1-2-7-20-12(19)15-5-3-9(4-6-15)16-13-8-10(14-16)11(17)18/h2,8-9H,1,3-7H2,(H,17,18). The van der Waals surface area contributed by atoms with Crippen molar-refractivity contribution in [1.29, 1.82) is 0 Å². The van der Waals surface area contributed by atoms with Crippen LogP contribution < -0.4 is 0 Å². The van der Waals surface area contributed by atoms with Crippen LogP contribution in [0.4, 0.5) is 4.79 Å². The van der Waals surface area contributed by atoms with Gasteiger partial charge in [0.1, 0.15) is 6.61 Å². The summed E-state index contributed by atoms with van der Waals surface area (Å²) in [4.78, 5) is 25.4. The van der Waals surface area contributed by atoms with E-state index in [1.165, 1.54) is 17.1 Å². The monoisotopic (exact) mass is 280 g/mol. The number of carboxylic acid groups (broad SMARTS) is 1. The molecule has 108 valence electrons. The fraction of sp³-hybridized carbons (Fsp3) is 0.500. The molecule has 0 bridgehead atoms. The Bertz CT molecular complexity index is 505. The molecule has 2 heterocycles. The van der Waals surface area contributed by atoms with Gasteiger partial charge in [-0.05, 0) is 12.8 Å². The highest BCUT2D eigenvalue weighted by atomic mass is 16.6. The van der Waals surface area contributed by atoms with Gasteiger partial charge < -0.3 is 14.7 Å². The fourth-order valence-corrected chi connectivity index (χ4v) is 2.05. The summed E-state index contributed by atoms with van der Waals surface area (Å²) in [5.41, 5.74) is -0.0715. The summed E-state index contributed by atoms with van der Waals surface area (Å²) in [7, 11) is 0. The minimum atomic E-state index is -1.10. The summed E-state index contributed by atoms with van der Waals surface area (Å²) in [6, 6.07) is 0.00607. The molecular weight excluding hydrogens is 264 g/mol. The molecule has 1 aliphatic heterocycles. The first-order valence-electron chi connectivity index (χ1n) is 6.29. The molecule has 0 radical (unpaired) electrons. The average Bonchev–Trinajstić information content (AvgIpc) is 2.95. The number of hydrogen-bond acceptors (Lipinski definition) is 5. The lowest BCUT2D eigenvalue weighted by molar-refractivity contribution is 0.0688. The van der Waals surface area contributed by atoms with E-state index in [1.807, 2.05) is 0 Å². The molecule has 1 fully saturated rings. The maximum atomic E-state index is 11.6. The number of piperidine rings is 1. The lowest BCUT2D eigenvalue weighted by Gasteiger charge is -2.30. The molecule has 0 unspecified atom stereocenters. The maximum absolute atomic E-state index is 11.6. The third kappa shape index (κ3) is 3.14. The number of rotatable bonds is 4. The number of carboxylic acids is 1. The topological polar surface area (TPSA) is 97.6 Å². The van der Waals surface area contributed by atoms with Gasteiger partial charge in [-0.3, -0.25) is 0 Å². The first kappa shape index (κ1) is 14.0. The number of aromatic nitrogens is 3. The van der Waals surface area contributed by atoms with Crippen molar-refractivity contribution in [1.82, 2.24) is 19.9 Å². The molecule has 1 amide bonds. The molecule has 0 aromatic carbocycles. The Hall–Kier alpha value is -2.38. The van der Waals surface area contributed by atoms with E-state index in [0.717, 1.165) is 0 Å². The summed E-state index contributed by atoms with van der Waals surface area (Å²) < 4.78 is 4.96. The predicted molar refractivity (Wildman–Crippen MR) is 68.4 cm³/mol. The molecule has 0 aliphatic carbocycles. The third-order valence-electron chi connectivity index (χ3n) is 3.10.